The number of fused-ring (bicyclic) bond motifs is 5. The van der Waals surface area contributed by atoms with E-state index in [2.05, 4.69) is 41.2 Å². The van der Waals surface area contributed by atoms with E-state index in [0.29, 0.717) is 16.7 Å². The number of aliphatic hydroxyl groups is 1. The van der Waals surface area contributed by atoms with Crippen LogP contribution in [-0.2, 0) is 0 Å². The van der Waals surface area contributed by atoms with Crippen molar-refractivity contribution >= 4 is 0 Å². The first-order valence-electron chi connectivity index (χ1n) is 13.0. The molecule has 0 amide bonds. The lowest BCUT2D eigenvalue weighted by Gasteiger charge is -2.61. The highest BCUT2D eigenvalue weighted by atomic mass is 16.3. The molecule has 1 heteroatoms. The van der Waals surface area contributed by atoms with E-state index in [1.807, 2.05) is 0 Å². The molecule has 0 aromatic heterocycles. The van der Waals surface area contributed by atoms with Crippen LogP contribution < -0.4 is 0 Å². The molecule has 0 saturated heterocycles. The van der Waals surface area contributed by atoms with Gasteiger partial charge in [-0.2, -0.15) is 0 Å². The van der Waals surface area contributed by atoms with Crippen LogP contribution in [0.4, 0.5) is 0 Å². The van der Waals surface area contributed by atoms with Gasteiger partial charge >= 0.3 is 0 Å². The van der Waals surface area contributed by atoms with Crippen LogP contribution in [0, 0.1) is 52.3 Å². The van der Waals surface area contributed by atoms with Crippen LogP contribution in [0.25, 0.3) is 0 Å². The molecule has 4 aliphatic carbocycles. The summed E-state index contributed by atoms with van der Waals surface area (Å²) in [6.07, 6.45) is 14.7. The van der Waals surface area contributed by atoms with Crippen molar-refractivity contribution in [3.05, 3.63) is 12.2 Å². The summed E-state index contributed by atoms with van der Waals surface area (Å²) in [6.45, 7) is 16.8. The Bertz CT molecular complexity index is 607. The zero-order chi connectivity index (χ0) is 21.0. The molecule has 1 nitrogen and oxygen atoms in total. The number of aliphatic hydroxyl groups excluding tert-OH is 1. The van der Waals surface area contributed by atoms with E-state index in [0.717, 1.165) is 48.3 Å². The van der Waals surface area contributed by atoms with Gasteiger partial charge in [-0.25, -0.2) is 0 Å². The fourth-order valence-electron chi connectivity index (χ4n) is 9.11. The summed E-state index contributed by atoms with van der Waals surface area (Å²) < 4.78 is 0. The second-order valence-corrected chi connectivity index (χ2v) is 12.6. The molecule has 0 bridgehead atoms. The maximum Gasteiger partial charge on any atom is 0.0543 e. The van der Waals surface area contributed by atoms with Crippen molar-refractivity contribution in [3.63, 3.8) is 0 Å². The third-order valence-electron chi connectivity index (χ3n) is 11.1. The van der Waals surface area contributed by atoms with Crippen LogP contribution in [0.15, 0.2) is 12.2 Å². The van der Waals surface area contributed by atoms with E-state index in [1.165, 1.54) is 63.4 Å². The van der Waals surface area contributed by atoms with E-state index in [4.69, 9.17) is 0 Å². The average molecular weight is 401 g/mol. The highest BCUT2D eigenvalue weighted by Gasteiger charge is 2.60. The minimum absolute atomic E-state index is 0.0178. The summed E-state index contributed by atoms with van der Waals surface area (Å²) in [6, 6.07) is 0. The minimum atomic E-state index is -0.0178. The highest BCUT2D eigenvalue weighted by molar-refractivity contribution is 5.10. The number of hydrogen-bond acceptors (Lipinski definition) is 1. The second-order valence-electron chi connectivity index (χ2n) is 12.6. The molecule has 29 heavy (non-hydrogen) atoms. The summed E-state index contributed by atoms with van der Waals surface area (Å²) >= 11 is 0. The van der Waals surface area contributed by atoms with Crippen molar-refractivity contribution in [2.24, 2.45) is 52.3 Å². The molecule has 0 aromatic carbocycles. The van der Waals surface area contributed by atoms with E-state index >= 15 is 0 Å². The highest BCUT2D eigenvalue weighted by Crippen LogP contribution is 2.68. The first-order chi connectivity index (χ1) is 13.7. The van der Waals surface area contributed by atoms with Crippen LogP contribution in [-0.4, -0.2) is 11.2 Å². The molecule has 4 fully saturated rings. The van der Waals surface area contributed by atoms with Crippen molar-refractivity contribution in [1.82, 2.24) is 0 Å². The molecule has 0 aliphatic heterocycles. The minimum Gasteiger partial charge on any atom is -0.393 e. The smallest absolute Gasteiger partial charge is 0.0543 e. The van der Waals surface area contributed by atoms with Gasteiger partial charge in [-0.1, -0.05) is 46.8 Å². The lowest BCUT2D eigenvalue weighted by molar-refractivity contribution is -0.129. The second kappa shape index (κ2) is 7.99. The predicted molar refractivity (Wildman–Crippen MR) is 124 cm³/mol. The molecule has 0 aromatic rings. The van der Waals surface area contributed by atoms with Gasteiger partial charge in [0.1, 0.15) is 0 Å². The van der Waals surface area contributed by atoms with Crippen LogP contribution in [0.1, 0.15) is 105 Å². The van der Waals surface area contributed by atoms with Gasteiger partial charge in [-0.3, -0.25) is 0 Å². The number of hydrogen-bond donors (Lipinski definition) is 1. The maximum absolute atomic E-state index is 10.3. The fourth-order valence-corrected chi connectivity index (χ4v) is 9.11. The summed E-state index contributed by atoms with van der Waals surface area (Å²) in [5.41, 5.74) is 2.55. The SMILES string of the molecule is C=C(CC[C@@H](C)[C@H]1CCC2C3CC[C@@H]4C[C@@H](O)CC[C@]4(C)C3CC[C@@]21C)C(C)C. The molecule has 0 radical (unpaired) electrons. The monoisotopic (exact) mass is 400 g/mol. The van der Waals surface area contributed by atoms with Crippen molar-refractivity contribution < 1.29 is 5.11 Å². The molecule has 4 rings (SSSR count). The first-order valence-corrected chi connectivity index (χ1v) is 13.0. The van der Waals surface area contributed by atoms with Gasteiger partial charge in [0.2, 0.25) is 0 Å². The largest absolute Gasteiger partial charge is 0.393 e. The third-order valence-corrected chi connectivity index (χ3v) is 11.1. The standard InChI is InChI=1S/C28H48O/c1-18(2)19(3)7-8-20(4)24-11-12-25-23-10-9-21-17-22(29)13-15-27(21,5)26(23)14-16-28(24,25)6/h18,20-26,29H,3,7-17H2,1-2,4-6H3/t20-,21-,22+,23?,24-,25?,26?,27+,28-/m1/s1. The van der Waals surface area contributed by atoms with Crippen LogP contribution in [0.5, 0.6) is 0 Å². The van der Waals surface area contributed by atoms with Crippen LogP contribution >= 0.6 is 0 Å². The van der Waals surface area contributed by atoms with Crippen LogP contribution in [0.3, 0.4) is 0 Å². The average Bonchev–Trinajstić information content (AvgIpc) is 3.03. The summed E-state index contributed by atoms with van der Waals surface area (Å²) in [5.74, 6) is 6.05. The molecule has 4 aliphatic rings. The molecule has 1 N–H and O–H groups in total. The van der Waals surface area contributed by atoms with Crippen molar-refractivity contribution in [1.29, 1.82) is 0 Å². The van der Waals surface area contributed by atoms with E-state index in [9.17, 15) is 5.11 Å². The van der Waals surface area contributed by atoms with E-state index in [-0.39, 0.29) is 6.10 Å². The predicted octanol–water partition coefficient (Wildman–Crippen LogP) is 7.63. The molecule has 9 atom stereocenters. The zero-order valence-corrected chi connectivity index (χ0v) is 20.1. The van der Waals surface area contributed by atoms with Gasteiger partial charge in [0.05, 0.1) is 6.10 Å². The Labute approximate surface area is 181 Å². The molecule has 4 saturated carbocycles. The Morgan fingerprint density at radius 2 is 1.62 bits per heavy atom. The molecular formula is C28H48O. The van der Waals surface area contributed by atoms with Gasteiger partial charge in [0, 0.05) is 0 Å². The van der Waals surface area contributed by atoms with Crippen molar-refractivity contribution in [2.45, 2.75) is 111 Å². The van der Waals surface area contributed by atoms with Gasteiger partial charge in [0.25, 0.3) is 0 Å². The van der Waals surface area contributed by atoms with Crippen molar-refractivity contribution in [3.8, 4) is 0 Å². The molecule has 166 valence electrons. The fraction of sp³-hybridized carbons (Fsp3) is 0.929. The quantitative estimate of drug-likeness (QED) is 0.470. The van der Waals surface area contributed by atoms with Gasteiger partial charge < -0.3 is 5.11 Å². The molecule has 0 spiro atoms. The Morgan fingerprint density at radius 1 is 0.931 bits per heavy atom. The van der Waals surface area contributed by atoms with E-state index in [1.54, 1.807) is 0 Å². The zero-order valence-electron chi connectivity index (χ0n) is 20.1. The lowest BCUT2D eigenvalue weighted by Crippen LogP contribution is -2.54. The van der Waals surface area contributed by atoms with Crippen molar-refractivity contribution in [2.75, 3.05) is 0 Å². The van der Waals surface area contributed by atoms with Gasteiger partial charge in [-0.15, -0.1) is 0 Å². The Hall–Kier alpha value is -0.300. The number of allylic oxidation sites excluding steroid dienone is 1. The summed E-state index contributed by atoms with van der Waals surface area (Å²) in [5, 5.41) is 10.3. The van der Waals surface area contributed by atoms with Crippen LogP contribution in [0.2, 0.25) is 0 Å². The maximum atomic E-state index is 10.3. The third kappa shape index (κ3) is 3.66. The van der Waals surface area contributed by atoms with Gasteiger partial charge in [0.15, 0.2) is 0 Å². The Balaban J connectivity index is 1.46. The lowest BCUT2D eigenvalue weighted by atomic mass is 9.44. The molecule has 3 unspecified atom stereocenters. The topological polar surface area (TPSA) is 20.2 Å². The normalized spacial score (nSPS) is 48.0. The summed E-state index contributed by atoms with van der Waals surface area (Å²) in [7, 11) is 0. The first kappa shape index (κ1) is 21.9. The van der Waals surface area contributed by atoms with E-state index < -0.39 is 0 Å². The number of rotatable bonds is 5. The molecule has 0 heterocycles. The summed E-state index contributed by atoms with van der Waals surface area (Å²) in [4.78, 5) is 0. The molecular weight excluding hydrogens is 352 g/mol. The Morgan fingerprint density at radius 3 is 2.34 bits per heavy atom. The van der Waals surface area contributed by atoms with Gasteiger partial charge in [-0.05, 0) is 123 Å². The Kier molecular flexibility index (Phi) is 6.04.